The summed E-state index contributed by atoms with van der Waals surface area (Å²) in [5.74, 6) is 4.25. The van der Waals surface area contributed by atoms with E-state index in [4.69, 9.17) is 0 Å². The van der Waals surface area contributed by atoms with Gasteiger partial charge in [-0.15, -0.1) is 0 Å². The summed E-state index contributed by atoms with van der Waals surface area (Å²) in [6, 6.07) is 0.838. The van der Waals surface area contributed by atoms with Crippen molar-refractivity contribution in [1.29, 1.82) is 0 Å². The Kier molecular flexibility index (Phi) is 2.51. The molecule has 4 aliphatic rings. The third-order valence-corrected chi connectivity index (χ3v) is 5.83. The minimum absolute atomic E-state index is 0.825. The van der Waals surface area contributed by atoms with Gasteiger partial charge in [0.1, 0.15) is 0 Å². The molecule has 1 unspecified atom stereocenters. The van der Waals surface area contributed by atoms with Gasteiger partial charge in [0.2, 0.25) is 0 Å². The Hall–Kier alpha value is -0.410. The molecule has 0 aromatic rings. The second-order valence-corrected chi connectivity index (χ2v) is 6.73. The van der Waals surface area contributed by atoms with Crippen LogP contribution in [0.5, 0.6) is 0 Å². The highest BCUT2D eigenvalue weighted by atomic mass is 32.2. The van der Waals surface area contributed by atoms with Gasteiger partial charge in [-0.3, -0.25) is 0 Å². The second kappa shape index (κ2) is 4.06. The van der Waals surface area contributed by atoms with Gasteiger partial charge in [0.15, 0.2) is 0 Å². The van der Waals surface area contributed by atoms with Gasteiger partial charge >= 0.3 is 0 Å². The van der Waals surface area contributed by atoms with Gasteiger partial charge < -0.3 is 10.2 Å². The molecule has 3 aliphatic heterocycles. The maximum absolute atomic E-state index is 3.61. The Morgan fingerprint density at radius 3 is 3.41 bits per heavy atom. The van der Waals surface area contributed by atoms with Crippen molar-refractivity contribution in [3.05, 3.63) is 23.4 Å². The highest BCUT2D eigenvalue weighted by molar-refractivity contribution is 7.99. The van der Waals surface area contributed by atoms with Crippen LogP contribution in [0.3, 0.4) is 0 Å². The van der Waals surface area contributed by atoms with Gasteiger partial charge in [-0.25, -0.2) is 0 Å². The SMILES string of the molecule is C1=CC2=C3C(C1)[C@H]1CNCC[C@H]1N3CCSC2. The van der Waals surface area contributed by atoms with Crippen molar-refractivity contribution >= 4 is 11.8 Å². The molecule has 92 valence electrons. The molecule has 0 aromatic heterocycles. The average molecular weight is 248 g/mol. The maximum atomic E-state index is 3.61. The summed E-state index contributed by atoms with van der Waals surface area (Å²) >= 11 is 2.11. The minimum atomic E-state index is 0.825. The molecule has 0 spiro atoms. The van der Waals surface area contributed by atoms with Crippen molar-refractivity contribution in [2.24, 2.45) is 11.8 Å². The third kappa shape index (κ3) is 1.52. The smallest absolute Gasteiger partial charge is 0.0346 e. The zero-order valence-corrected chi connectivity index (χ0v) is 11.0. The van der Waals surface area contributed by atoms with Gasteiger partial charge in [0.05, 0.1) is 0 Å². The van der Waals surface area contributed by atoms with Crippen LogP contribution in [0.15, 0.2) is 23.4 Å². The molecule has 17 heavy (non-hydrogen) atoms. The predicted octanol–water partition coefficient (Wildman–Crippen LogP) is 1.86. The van der Waals surface area contributed by atoms with E-state index in [-0.39, 0.29) is 0 Å². The zero-order chi connectivity index (χ0) is 11.2. The highest BCUT2D eigenvalue weighted by Gasteiger charge is 2.47. The number of piperidine rings is 1. The molecule has 0 radical (unpaired) electrons. The van der Waals surface area contributed by atoms with Crippen LogP contribution in [0.2, 0.25) is 0 Å². The number of fused-ring (bicyclic) bond motifs is 3. The lowest BCUT2D eigenvalue weighted by Crippen LogP contribution is -2.44. The first-order valence-electron chi connectivity index (χ1n) is 6.90. The van der Waals surface area contributed by atoms with Crippen molar-refractivity contribution < 1.29 is 0 Å². The van der Waals surface area contributed by atoms with E-state index < -0.39 is 0 Å². The number of nitrogens with zero attached hydrogens (tertiary/aromatic N) is 1. The molecule has 0 saturated carbocycles. The predicted molar refractivity (Wildman–Crippen MR) is 73.1 cm³/mol. The minimum Gasteiger partial charge on any atom is -0.370 e. The first-order chi connectivity index (χ1) is 8.45. The van der Waals surface area contributed by atoms with Crippen LogP contribution >= 0.6 is 11.8 Å². The van der Waals surface area contributed by atoms with E-state index in [1.54, 1.807) is 11.3 Å². The van der Waals surface area contributed by atoms with Crippen LogP contribution in [0.4, 0.5) is 0 Å². The van der Waals surface area contributed by atoms with Crippen molar-refractivity contribution in [1.82, 2.24) is 10.2 Å². The van der Waals surface area contributed by atoms with Crippen molar-refractivity contribution in [2.45, 2.75) is 18.9 Å². The lowest BCUT2D eigenvalue weighted by atomic mass is 9.81. The fourth-order valence-electron chi connectivity index (χ4n) is 4.17. The van der Waals surface area contributed by atoms with E-state index in [2.05, 4.69) is 34.1 Å². The Morgan fingerprint density at radius 2 is 2.41 bits per heavy atom. The lowest BCUT2D eigenvalue weighted by molar-refractivity contribution is 0.208. The van der Waals surface area contributed by atoms with Crippen LogP contribution in [0.25, 0.3) is 0 Å². The molecule has 3 heterocycles. The van der Waals surface area contributed by atoms with Crippen LogP contribution in [0.1, 0.15) is 12.8 Å². The van der Waals surface area contributed by atoms with Crippen LogP contribution in [0, 0.1) is 11.8 Å². The molecule has 2 saturated heterocycles. The molecular weight excluding hydrogens is 228 g/mol. The Balaban J connectivity index is 1.78. The third-order valence-electron chi connectivity index (χ3n) is 4.84. The fraction of sp³-hybridized carbons (Fsp3) is 0.714. The first kappa shape index (κ1) is 10.5. The first-order valence-corrected chi connectivity index (χ1v) is 8.05. The Bertz CT molecular complexity index is 388. The number of thioether (sulfide) groups is 1. The van der Waals surface area contributed by atoms with Gasteiger partial charge in [-0.1, -0.05) is 12.2 Å². The van der Waals surface area contributed by atoms with Crippen molar-refractivity contribution in [2.75, 3.05) is 31.1 Å². The molecule has 1 N–H and O–H groups in total. The van der Waals surface area contributed by atoms with E-state index in [0.717, 1.165) is 17.9 Å². The number of hydrogen-bond acceptors (Lipinski definition) is 3. The van der Waals surface area contributed by atoms with E-state index >= 15 is 0 Å². The van der Waals surface area contributed by atoms with Crippen LogP contribution < -0.4 is 5.32 Å². The summed E-state index contributed by atoms with van der Waals surface area (Å²) in [4.78, 5) is 2.79. The molecule has 0 aromatic carbocycles. The summed E-state index contributed by atoms with van der Waals surface area (Å²) < 4.78 is 0. The molecule has 1 aliphatic carbocycles. The summed E-state index contributed by atoms with van der Waals surface area (Å²) in [7, 11) is 0. The fourth-order valence-corrected chi connectivity index (χ4v) is 5.10. The van der Waals surface area contributed by atoms with Gasteiger partial charge in [-0.2, -0.15) is 11.8 Å². The van der Waals surface area contributed by atoms with E-state index in [1.165, 1.54) is 44.0 Å². The normalized spacial score (nSPS) is 40.0. The van der Waals surface area contributed by atoms with Gasteiger partial charge in [0.25, 0.3) is 0 Å². The Labute approximate surface area is 108 Å². The zero-order valence-electron chi connectivity index (χ0n) is 10.2. The van der Waals surface area contributed by atoms with Crippen molar-refractivity contribution in [3.8, 4) is 0 Å². The molecule has 0 bridgehead atoms. The standard InChI is InChI=1S/C14H20N2S/c1-2-10-9-17-7-6-16-13-4-5-15-8-12(13)11(3-1)14(10)16/h1-2,11-13,15H,3-9H2/t11?,12-,13-/m1/s1. The van der Waals surface area contributed by atoms with E-state index in [9.17, 15) is 0 Å². The van der Waals surface area contributed by atoms with Crippen LogP contribution in [-0.4, -0.2) is 42.1 Å². The Morgan fingerprint density at radius 1 is 1.41 bits per heavy atom. The topological polar surface area (TPSA) is 15.3 Å². The average Bonchev–Trinajstić information content (AvgIpc) is 2.56. The molecule has 2 fully saturated rings. The van der Waals surface area contributed by atoms with E-state index in [1.807, 2.05) is 0 Å². The molecule has 3 atom stereocenters. The molecular formula is C14H20N2S. The number of nitrogens with one attached hydrogen (secondary N) is 1. The van der Waals surface area contributed by atoms with Crippen molar-refractivity contribution in [3.63, 3.8) is 0 Å². The highest BCUT2D eigenvalue weighted by Crippen LogP contribution is 2.47. The largest absolute Gasteiger partial charge is 0.370 e. The van der Waals surface area contributed by atoms with E-state index in [0.29, 0.717) is 0 Å². The molecule has 4 rings (SSSR count). The second-order valence-electron chi connectivity index (χ2n) is 5.63. The van der Waals surface area contributed by atoms with Gasteiger partial charge in [0, 0.05) is 48.2 Å². The summed E-state index contributed by atoms with van der Waals surface area (Å²) in [6.45, 7) is 3.74. The summed E-state index contributed by atoms with van der Waals surface area (Å²) in [6.07, 6.45) is 7.46. The maximum Gasteiger partial charge on any atom is 0.0346 e. The number of allylic oxidation sites excluding steroid dienone is 3. The summed E-state index contributed by atoms with van der Waals surface area (Å²) in [5.41, 5.74) is 3.37. The lowest BCUT2D eigenvalue weighted by Gasteiger charge is -2.33. The number of rotatable bonds is 0. The molecule has 3 heteroatoms. The van der Waals surface area contributed by atoms with Crippen LogP contribution in [-0.2, 0) is 0 Å². The summed E-state index contributed by atoms with van der Waals surface area (Å²) in [5, 5.41) is 3.61. The van der Waals surface area contributed by atoms with Gasteiger partial charge in [-0.05, 0) is 25.0 Å². The molecule has 2 nitrogen and oxygen atoms in total. The quantitative estimate of drug-likeness (QED) is 0.704. The number of hydrogen-bond donors (Lipinski definition) is 1. The molecule has 0 amide bonds. The monoisotopic (exact) mass is 248 g/mol.